The zero-order valence-electron chi connectivity index (χ0n) is 17.8. The average Bonchev–Trinajstić information content (AvgIpc) is 2.72. The van der Waals surface area contributed by atoms with Crippen molar-refractivity contribution in [2.45, 2.75) is 24.5 Å². The summed E-state index contributed by atoms with van der Waals surface area (Å²) in [6, 6.07) is 11.0. The minimum absolute atomic E-state index is 0.00469. The highest BCUT2D eigenvalue weighted by Crippen LogP contribution is 2.36. The standard InChI is InChI=1S/C21H22N2O8S/c1-21(2)30-19(24)14(20(25)31-21)12-22-15-10-17(29-4)18(11-16(15)28-3)32(26,27)23-13-8-6-5-7-9-13/h5-12,22-23H,1-4H3. The van der Waals surface area contributed by atoms with Crippen LogP contribution >= 0.6 is 0 Å². The third-order valence-corrected chi connectivity index (χ3v) is 5.69. The topological polar surface area (TPSA) is 129 Å². The highest BCUT2D eigenvalue weighted by atomic mass is 32.2. The monoisotopic (exact) mass is 462 g/mol. The van der Waals surface area contributed by atoms with Gasteiger partial charge in [0.25, 0.3) is 15.8 Å². The minimum Gasteiger partial charge on any atom is -0.495 e. The van der Waals surface area contributed by atoms with Crippen molar-refractivity contribution in [3.63, 3.8) is 0 Å². The van der Waals surface area contributed by atoms with E-state index < -0.39 is 27.7 Å². The molecular formula is C21H22N2O8S. The fraction of sp³-hybridized carbons (Fsp3) is 0.238. The number of para-hydroxylation sites is 1. The molecule has 1 saturated heterocycles. The maximum Gasteiger partial charge on any atom is 0.350 e. The Morgan fingerprint density at radius 1 is 0.938 bits per heavy atom. The number of carbonyl (C=O) groups is 2. The molecule has 1 fully saturated rings. The van der Waals surface area contributed by atoms with E-state index in [0.29, 0.717) is 5.69 Å². The number of rotatable bonds is 7. The molecular weight excluding hydrogens is 440 g/mol. The summed E-state index contributed by atoms with van der Waals surface area (Å²) >= 11 is 0. The van der Waals surface area contributed by atoms with Crippen LogP contribution in [0.25, 0.3) is 0 Å². The maximum absolute atomic E-state index is 12.9. The summed E-state index contributed by atoms with van der Waals surface area (Å²) in [4.78, 5) is 24.0. The van der Waals surface area contributed by atoms with E-state index >= 15 is 0 Å². The highest BCUT2D eigenvalue weighted by molar-refractivity contribution is 7.92. The van der Waals surface area contributed by atoms with Crippen molar-refractivity contribution in [1.82, 2.24) is 0 Å². The number of esters is 2. The van der Waals surface area contributed by atoms with Crippen LogP contribution in [-0.4, -0.2) is 40.4 Å². The van der Waals surface area contributed by atoms with Gasteiger partial charge in [0.05, 0.1) is 19.9 Å². The van der Waals surface area contributed by atoms with E-state index in [1.54, 1.807) is 30.3 Å². The number of hydrogen-bond donors (Lipinski definition) is 2. The molecule has 0 aliphatic carbocycles. The lowest BCUT2D eigenvalue weighted by atomic mass is 10.2. The van der Waals surface area contributed by atoms with Gasteiger partial charge in [-0.1, -0.05) is 18.2 Å². The molecule has 10 nitrogen and oxygen atoms in total. The van der Waals surface area contributed by atoms with Gasteiger partial charge in [-0.3, -0.25) is 4.72 Å². The van der Waals surface area contributed by atoms with Crippen LogP contribution in [0.5, 0.6) is 11.5 Å². The van der Waals surface area contributed by atoms with Crippen molar-refractivity contribution in [1.29, 1.82) is 0 Å². The maximum atomic E-state index is 12.9. The predicted octanol–water partition coefficient (Wildman–Crippen LogP) is 2.64. The zero-order valence-corrected chi connectivity index (χ0v) is 18.6. The van der Waals surface area contributed by atoms with Crippen molar-refractivity contribution >= 4 is 33.3 Å². The SMILES string of the molecule is COc1cc(S(=O)(=O)Nc2ccccc2)c(OC)cc1NC=C1C(=O)OC(C)(C)OC1=O. The first-order valence-corrected chi connectivity index (χ1v) is 10.8. The zero-order chi connectivity index (χ0) is 23.5. The molecule has 2 aromatic rings. The second kappa shape index (κ2) is 8.79. The molecule has 2 N–H and O–H groups in total. The Kier molecular flexibility index (Phi) is 6.30. The second-order valence-electron chi connectivity index (χ2n) is 7.06. The largest absolute Gasteiger partial charge is 0.495 e. The van der Waals surface area contributed by atoms with Gasteiger partial charge in [0.2, 0.25) is 0 Å². The van der Waals surface area contributed by atoms with Gasteiger partial charge in [-0.25, -0.2) is 18.0 Å². The molecule has 0 unspecified atom stereocenters. The van der Waals surface area contributed by atoms with E-state index in [2.05, 4.69) is 10.0 Å². The Balaban J connectivity index is 1.94. The quantitative estimate of drug-likeness (QED) is 0.362. The molecule has 0 amide bonds. The molecule has 0 radical (unpaired) electrons. The number of methoxy groups -OCH3 is 2. The van der Waals surface area contributed by atoms with Crippen molar-refractivity contribution in [2.75, 3.05) is 24.3 Å². The number of ether oxygens (including phenoxy) is 4. The highest BCUT2D eigenvalue weighted by Gasteiger charge is 2.39. The lowest BCUT2D eigenvalue weighted by molar-refractivity contribution is -0.222. The number of hydrogen-bond acceptors (Lipinski definition) is 9. The van der Waals surface area contributed by atoms with Crippen LogP contribution in [0.4, 0.5) is 11.4 Å². The smallest absolute Gasteiger partial charge is 0.350 e. The average molecular weight is 462 g/mol. The van der Waals surface area contributed by atoms with E-state index in [-0.39, 0.29) is 27.7 Å². The molecule has 170 valence electrons. The molecule has 1 aliphatic heterocycles. The summed E-state index contributed by atoms with van der Waals surface area (Å²) < 4.78 is 48.9. The number of carbonyl (C=O) groups excluding carboxylic acids is 2. The van der Waals surface area contributed by atoms with E-state index in [1.807, 2.05) is 0 Å². The van der Waals surface area contributed by atoms with Gasteiger partial charge in [-0.15, -0.1) is 0 Å². The van der Waals surface area contributed by atoms with Gasteiger partial charge < -0.3 is 24.3 Å². The molecule has 0 aromatic heterocycles. The normalized spacial score (nSPS) is 15.3. The number of nitrogens with one attached hydrogen (secondary N) is 2. The van der Waals surface area contributed by atoms with Gasteiger partial charge >= 0.3 is 11.9 Å². The van der Waals surface area contributed by atoms with Crippen molar-refractivity contribution in [3.05, 3.63) is 54.2 Å². The van der Waals surface area contributed by atoms with Gasteiger partial charge in [0, 0.05) is 37.9 Å². The number of anilines is 2. The molecule has 11 heteroatoms. The first-order chi connectivity index (χ1) is 15.1. The Morgan fingerprint density at radius 2 is 1.53 bits per heavy atom. The molecule has 1 heterocycles. The van der Waals surface area contributed by atoms with Crippen LogP contribution < -0.4 is 19.5 Å². The summed E-state index contributed by atoms with van der Waals surface area (Å²) in [7, 11) is -1.37. The number of cyclic esters (lactones) is 2. The number of sulfonamides is 1. The van der Waals surface area contributed by atoms with Crippen molar-refractivity contribution in [3.8, 4) is 11.5 Å². The van der Waals surface area contributed by atoms with Gasteiger partial charge in [-0.05, 0) is 12.1 Å². The molecule has 1 aliphatic rings. The van der Waals surface area contributed by atoms with Gasteiger partial charge in [0.15, 0.2) is 5.57 Å². The third-order valence-electron chi connectivity index (χ3n) is 4.29. The van der Waals surface area contributed by atoms with E-state index in [0.717, 1.165) is 6.20 Å². The van der Waals surface area contributed by atoms with Crippen LogP contribution in [0.1, 0.15) is 13.8 Å². The van der Waals surface area contributed by atoms with E-state index in [4.69, 9.17) is 18.9 Å². The molecule has 0 atom stereocenters. The van der Waals surface area contributed by atoms with Crippen LogP contribution in [0.15, 0.2) is 59.1 Å². The van der Waals surface area contributed by atoms with Crippen molar-refractivity contribution in [2.24, 2.45) is 0 Å². The summed E-state index contributed by atoms with van der Waals surface area (Å²) in [5, 5.41) is 2.74. The Bertz CT molecular complexity index is 1150. The molecule has 0 spiro atoms. The molecule has 0 bridgehead atoms. The summed E-state index contributed by atoms with van der Waals surface area (Å²) in [6.45, 7) is 2.87. The summed E-state index contributed by atoms with van der Waals surface area (Å²) in [6.07, 6.45) is 1.09. The predicted molar refractivity (Wildman–Crippen MR) is 115 cm³/mol. The summed E-state index contributed by atoms with van der Waals surface area (Å²) in [5.41, 5.74) is 0.242. The minimum atomic E-state index is -4.02. The van der Waals surface area contributed by atoms with Crippen molar-refractivity contribution < 1.29 is 37.0 Å². The fourth-order valence-electron chi connectivity index (χ4n) is 2.84. The molecule has 0 saturated carbocycles. The van der Waals surface area contributed by atoms with Crippen LogP contribution in [0, 0.1) is 0 Å². The summed E-state index contributed by atoms with van der Waals surface area (Å²) in [5.74, 6) is -2.97. The fourth-order valence-corrected chi connectivity index (χ4v) is 4.06. The van der Waals surface area contributed by atoms with Crippen LogP contribution in [0.3, 0.4) is 0 Å². The first kappa shape index (κ1) is 22.9. The van der Waals surface area contributed by atoms with Gasteiger partial charge in [-0.2, -0.15) is 0 Å². The lowest BCUT2D eigenvalue weighted by Crippen LogP contribution is -2.42. The second-order valence-corrected chi connectivity index (χ2v) is 8.71. The Labute approximate surface area is 185 Å². The first-order valence-electron chi connectivity index (χ1n) is 9.33. The number of benzene rings is 2. The molecule has 32 heavy (non-hydrogen) atoms. The lowest BCUT2D eigenvalue weighted by Gasteiger charge is -2.29. The molecule has 2 aromatic carbocycles. The van der Waals surface area contributed by atoms with Gasteiger partial charge in [0.1, 0.15) is 16.4 Å². The molecule has 3 rings (SSSR count). The Morgan fingerprint density at radius 3 is 2.09 bits per heavy atom. The van der Waals surface area contributed by atoms with E-state index in [9.17, 15) is 18.0 Å². The van der Waals surface area contributed by atoms with Crippen LogP contribution in [0.2, 0.25) is 0 Å². The third kappa shape index (κ3) is 4.94. The Hall–Kier alpha value is -3.73. The van der Waals surface area contributed by atoms with Crippen LogP contribution in [-0.2, 0) is 29.1 Å². The van der Waals surface area contributed by atoms with E-state index in [1.165, 1.54) is 40.2 Å².